The van der Waals surface area contributed by atoms with E-state index in [1.807, 2.05) is 24.3 Å². The van der Waals surface area contributed by atoms with Crippen LogP contribution < -0.4 is 10.3 Å². The number of rotatable bonds is 6. The number of carbonyl (C=O) groups excluding carboxylic acids is 1. The monoisotopic (exact) mass is 327 g/mol. The van der Waals surface area contributed by atoms with Gasteiger partial charge in [0.1, 0.15) is 11.5 Å². The number of carbonyl (C=O) groups is 1. The summed E-state index contributed by atoms with van der Waals surface area (Å²) < 4.78 is 0. The lowest BCUT2D eigenvalue weighted by molar-refractivity contribution is 0.0954. The van der Waals surface area contributed by atoms with Gasteiger partial charge < -0.3 is 15.1 Å². The van der Waals surface area contributed by atoms with E-state index in [1.54, 1.807) is 0 Å². The first-order valence-corrected chi connectivity index (χ1v) is 7.75. The summed E-state index contributed by atoms with van der Waals surface area (Å²) in [6.07, 6.45) is 1.53. The van der Waals surface area contributed by atoms with E-state index in [1.165, 1.54) is 18.3 Å². The molecule has 24 heavy (non-hydrogen) atoms. The van der Waals surface area contributed by atoms with Crippen molar-refractivity contribution in [2.75, 3.05) is 18.0 Å². The Kier molecular flexibility index (Phi) is 5.78. The third kappa shape index (κ3) is 4.49. The lowest BCUT2D eigenvalue weighted by Gasteiger charge is -2.20. The summed E-state index contributed by atoms with van der Waals surface area (Å²) in [5, 5.41) is 22.6. The smallest absolute Gasteiger partial charge is 0.271 e. The van der Waals surface area contributed by atoms with Gasteiger partial charge in [-0.3, -0.25) is 4.79 Å². The maximum Gasteiger partial charge on any atom is 0.271 e. The van der Waals surface area contributed by atoms with Gasteiger partial charge in [0.15, 0.2) is 0 Å². The van der Waals surface area contributed by atoms with Crippen molar-refractivity contribution < 1.29 is 15.0 Å². The zero-order valence-corrected chi connectivity index (χ0v) is 13.7. The first-order valence-electron chi connectivity index (χ1n) is 7.75. The van der Waals surface area contributed by atoms with Gasteiger partial charge in [-0.2, -0.15) is 5.10 Å². The van der Waals surface area contributed by atoms with Crippen molar-refractivity contribution >= 4 is 17.8 Å². The number of nitrogens with zero attached hydrogens (tertiary/aromatic N) is 2. The zero-order valence-electron chi connectivity index (χ0n) is 13.7. The average Bonchev–Trinajstić information content (AvgIpc) is 2.56. The highest BCUT2D eigenvalue weighted by Gasteiger charge is 2.07. The number of benzene rings is 2. The number of nitrogens with one attached hydrogen (secondary N) is 1. The molecule has 6 heteroatoms. The minimum absolute atomic E-state index is 0.126. The SMILES string of the molecule is CCN(CC)c1ccc(/C=N\NC(=O)c2cc(O)cc(O)c2)cc1. The Morgan fingerprint density at radius 2 is 1.67 bits per heavy atom. The van der Waals surface area contributed by atoms with E-state index < -0.39 is 5.91 Å². The Morgan fingerprint density at radius 1 is 1.08 bits per heavy atom. The molecule has 126 valence electrons. The topological polar surface area (TPSA) is 85.2 Å². The van der Waals surface area contributed by atoms with Gasteiger partial charge in [0, 0.05) is 30.4 Å². The molecule has 0 aliphatic carbocycles. The molecular formula is C18H21N3O3. The van der Waals surface area contributed by atoms with Gasteiger partial charge in [0.25, 0.3) is 5.91 Å². The van der Waals surface area contributed by atoms with Gasteiger partial charge in [-0.1, -0.05) is 12.1 Å². The second-order valence-electron chi connectivity index (χ2n) is 5.20. The van der Waals surface area contributed by atoms with E-state index in [4.69, 9.17) is 0 Å². The minimum atomic E-state index is -0.516. The van der Waals surface area contributed by atoms with Crippen LogP contribution in [-0.2, 0) is 0 Å². The molecule has 0 aromatic heterocycles. The maximum absolute atomic E-state index is 11.9. The minimum Gasteiger partial charge on any atom is -0.508 e. The predicted molar refractivity (Wildman–Crippen MR) is 94.8 cm³/mol. The molecule has 0 atom stereocenters. The van der Waals surface area contributed by atoms with Crippen LogP contribution in [-0.4, -0.2) is 35.4 Å². The molecule has 2 aromatic carbocycles. The lowest BCUT2D eigenvalue weighted by Crippen LogP contribution is -2.21. The van der Waals surface area contributed by atoms with Crippen molar-refractivity contribution in [3.63, 3.8) is 0 Å². The molecule has 0 spiro atoms. The van der Waals surface area contributed by atoms with Crippen LogP contribution >= 0.6 is 0 Å². The molecule has 1 amide bonds. The summed E-state index contributed by atoms with van der Waals surface area (Å²) in [4.78, 5) is 14.1. The quantitative estimate of drug-likeness (QED) is 0.562. The number of hydrogen-bond acceptors (Lipinski definition) is 5. The van der Waals surface area contributed by atoms with E-state index in [0.717, 1.165) is 30.4 Å². The molecule has 0 aliphatic heterocycles. The van der Waals surface area contributed by atoms with Crippen molar-refractivity contribution in [1.82, 2.24) is 5.43 Å². The van der Waals surface area contributed by atoms with E-state index >= 15 is 0 Å². The van der Waals surface area contributed by atoms with E-state index in [9.17, 15) is 15.0 Å². The molecule has 0 saturated carbocycles. The van der Waals surface area contributed by atoms with Crippen LogP contribution in [0, 0.1) is 0 Å². The number of phenols is 2. The molecular weight excluding hydrogens is 306 g/mol. The third-order valence-electron chi connectivity index (χ3n) is 3.57. The van der Waals surface area contributed by atoms with Crippen molar-refractivity contribution in [3.05, 3.63) is 53.6 Å². The largest absolute Gasteiger partial charge is 0.508 e. The highest BCUT2D eigenvalue weighted by molar-refractivity contribution is 5.95. The Balaban J connectivity index is 1.99. The highest BCUT2D eigenvalue weighted by atomic mass is 16.3. The standard InChI is InChI=1S/C18H21N3O3/c1-3-21(4-2)15-7-5-13(6-8-15)12-19-20-18(24)14-9-16(22)11-17(23)10-14/h5-12,22-23H,3-4H2,1-2H3,(H,20,24)/b19-12-. The van der Waals surface area contributed by atoms with Crippen LogP contribution in [0.5, 0.6) is 11.5 Å². The van der Waals surface area contributed by atoms with Crippen LogP contribution in [0.25, 0.3) is 0 Å². The number of amides is 1. The number of phenolic OH excluding ortho intramolecular Hbond substituents is 2. The van der Waals surface area contributed by atoms with Crippen molar-refractivity contribution in [2.45, 2.75) is 13.8 Å². The van der Waals surface area contributed by atoms with Crippen LogP contribution in [0.2, 0.25) is 0 Å². The summed E-state index contributed by atoms with van der Waals surface area (Å²) in [5.41, 5.74) is 4.47. The average molecular weight is 327 g/mol. The maximum atomic E-state index is 11.9. The Hall–Kier alpha value is -3.02. The molecule has 0 aliphatic rings. The summed E-state index contributed by atoms with van der Waals surface area (Å²) >= 11 is 0. The van der Waals surface area contributed by atoms with Gasteiger partial charge in [-0.15, -0.1) is 0 Å². The van der Waals surface area contributed by atoms with E-state index in [-0.39, 0.29) is 17.1 Å². The van der Waals surface area contributed by atoms with Crippen LogP contribution in [0.3, 0.4) is 0 Å². The number of anilines is 1. The zero-order chi connectivity index (χ0) is 17.5. The second-order valence-corrected chi connectivity index (χ2v) is 5.20. The Morgan fingerprint density at radius 3 is 2.21 bits per heavy atom. The first-order chi connectivity index (χ1) is 11.5. The van der Waals surface area contributed by atoms with Gasteiger partial charge in [-0.05, 0) is 43.7 Å². The van der Waals surface area contributed by atoms with E-state index in [2.05, 4.69) is 29.3 Å². The molecule has 6 nitrogen and oxygen atoms in total. The molecule has 0 saturated heterocycles. The Labute approximate surface area is 141 Å². The fourth-order valence-corrected chi connectivity index (χ4v) is 2.32. The number of hydrazone groups is 1. The Bertz CT molecular complexity index is 703. The normalized spacial score (nSPS) is 10.8. The molecule has 2 aromatic rings. The third-order valence-corrected chi connectivity index (χ3v) is 3.57. The van der Waals surface area contributed by atoms with Crippen LogP contribution in [0.1, 0.15) is 29.8 Å². The number of aromatic hydroxyl groups is 2. The first kappa shape index (κ1) is 17.3. The van der Waals surface area contributed by atoms with Gasteiger partial charge in [0.05, 0.1) is 6.21 Å². The van der Waals surface area contributed by atoms with E-state index in [0.29, 0.717) is 0 Å². The predicted octanol–water partition coefficient (Wildman–Crippen LogP) is 2.71. The van der Waals surface area contributed by atoms with Crippen molar-refractivity contribution in [2.24, 2.45) is 5.10 Å². The molecule has 0 fully saturated rings. The summed E-state index contributed by atoms with van der Waals surface area (Å²) in [6.45, 7) is 6.09. The molecule has 0 heterocycles. The van der Waals surface area contributed by atoms with Crippen LogP contribution in [0.15, 0.2) is 47.6 Å². The second kappa shape index (κ2) is 8.01. The lowest BCUT2D eigenvalue weighted by atomic mass is 10.2. The van der Waals surface area contributed by atoms with Crippen molar-refractivity contribution in [3.8, 4) is 11.5 Å². The van der Waals surface area contributed by atoms with Crippen molar-refractivity contribution in [1.29, 1.82) is 0 Å². The molecule has 0 radical (unpaired) electrons. The van der Waals surface area contributed by atoms with Gasteiger partial charge in [0.2, 0.25) is 0 Å². The molecule has 0 bridgehead atoms. The summed E-state index contributed by atoms with van der Waals surface area (Å²) in [7, 11) is 0. The molecule has 0 unspecified atom stereocenters. The fraction of sp³-hybridized carbons (Fsp3) is 0.222. The highest BCUT2D eigenvalue weighted by Crippen LogP contribution is 2.20. The summed E-state index contributed by atoms with van der Waals surface area (Å²) in [5.74, 6) is -0.885. The van der Waals surface area contributed by atoms with Gasteiger partial charge >= 0.3 is 0 Å². The fourth-order valence-electron chi connectivity index (χ4n) is 2.32. The summed E-state index contributed by atoms with van der Waals surface area (Å²) in [6, 6.07) is 11.5. The molecule has 3 N–H and O–H groups in total. The van der Waals surface area contributed by atoms with Gasteiger partial charge in [-0.25, -0.2) is 5.43 Å². The molecule has 2 rings (SSSR count). The van der Waals surface area contributed by atoms with Crippen LogP contribution in [0.4, 0.5) is 5.69 Å². The number of hydrogen-bond donors (Lipinski definition) is 3.